The van der Waals surface area contributed by atoms with Gasteiger partial charge in [0.05, 0.1) is 0 Å². The molecule has 0 aliphatic rings. The first kappa shape index (κ1) is 9.65. The zero-order valence-electron chi connectivity index (χ0n) is 8.86. The van der Waals surface area contributed by atoms with Crippen LogP contribution in [0.4, 0.5) is 11.6 Å². The molecule has 0 spiro atoms. The summed E-state index contributed by atoms with van der Waals surface area (Å²) in [5, 5.41) is 3.16. The van der Waals surface area contributed by atoms with Crippen LogP contribution in [0.1, 0.15) is 12.8 Å². The lowest BCUT2D eigenvalue weighted by Gasteiger charge is -2.05. The zero-order valence-corrected chi connectivity index (χ0v) is 8.86. The van der Waals surface area contributed by atoms with Crippen molar-refractivity contribution in [2.45, 2.75) is 13.8 Å². The minimum atomic E-state index is 0. The molecular formula is C12H15N3. The van der Waals surface area contributed by atoms with E-state index in [2.05, 4.69) is 15.3 Å². The van der Waals surface area contributed by atoms with E-state index in [-0.39, 0.29) is 1.43 Å². The minimum absolute atomic E-state index is 0. The second-order valence-electron chi connectivity index (χ2n) is 3.47. The molecule has 0 bridgehead atoms. The summed E-state index contributed by atoms with van der Waals surface area (Å²) in [5.41, 5.74) is 2.95. The van der Waals surface area contributed by atoms with Crippen LogP contribution in [0.15, 0.2) is 36.4 Å². The van der Waals surface area contributed by atoms with Gasteiger partial charge in [-0.05, 0) is 32.0 Å². The van der Waals surface area contributed by atoms with E-state index in [1.807, 2.05) is 50.2 Å². The molecule has 78 valence electrons. The number of aryl methyl sites for hydroxylation is 2. The number of rotatable bonds is 2. The highest BCUT2D eigenvalue weighted by Crippen LogP contribution is 2.12. The summed E-state index contributed by atoms with van der Waals surface area (Å²) in [4.78, 5) is 8.61. The van der Waals surface area contributed by atoms with Gasteiger partial charge in [0.25, 0.3) is 0 Å². The largest absolute Gasteiger partial charge is 0.324 e. The van der Waals surface area contributed by atoms with E-state index in [1.165, 1.54) is 0 Å². The van der Waals surface area contributed by atoms with E-state index < -0.39 is 0 Å². The molecule has 3 heteroatoms. The van der Waals surface area contributed by atoms with Gasteiger partial charge in [0, 0.05) is 18.5 Å². The summed E-state index contributed by atoms with van der Waals surface area (Å²) in [5.74, 6) is 0.652. The zero-order chi connectivity index (χ0) is 10.7. The van der Waals surface area contributed by atoms with E-state index in [1.54, 1.807) is 0 Å². The smallest absolute Gasteiger partial charge is 0.227 e. The van der Waals surface area contributed by atoms with Crippen molar-refractivity contribution in [2.75, 3.05) is 5.32 Å². The van der Waals surface area contributed by atoms with E-state index >= 15 is 0 Å². The van der Waals surface area contributed by atoms with Crippen LogP contribution >= 0.6 is 0 Å². The van der Waals surface area contributed by atoms with Crippen LogP contribution in [0.2, 0.25) is 0 Å². The fraction of sp³-hybridized carbons (Fsp3) is 0.167. The highest BCUT2D eigenvalue weighted by Gasteiger charge is 1.98. The van der Waals surface area contributed by atoms with Gasteiger partial charge in [-0.25, -0.2) is 9.97 Å². The van der Waals surface area contributed by atoms with Crippen molar-refractivity contribution in [1.82, 2.24) is 9.97 Å². The molecule has 3 nitrogen and oxygen atoms in total. The molecular weight excluding hydrogens is 186 g/mol. The van der Waals surface area contributed by atoms with Crippen LogP contribution in [0, 0.1) is 13.8 Å². The molecule has 0 saturated carbocycles. The maximum Gasteiger partial charge on any atom is 0.227 e. The monoisotopic (exact) mass is 201 g/mol. The first-order valence-corrected chi connectivity index (χ1v) is 4.88. The fourth-order valence-electron chi connectivity index (χ4n) is 1.43. The molecule has 0 atom stereocenters. The average Bonchev–Trinajstić information content (AvgIpc) is 2.17. The summed E-state index contributed by atoms with van der Waals surface area (Å²) >= 11 is 0. The minimum Gasteiger partial charge on any atom is -0.324 e. The van der Waals surface area contributed by atoms with Gasteiger partial charge < -0.3 is 5.32 Å². The maximum atomic E-state index is 4.31. The first-order valence-electron chi connectivity index (χ1n) is 4.88. The van der Waals surface area contributed by atoms with Gasteiger partial charge in [-0.2, -0.15) is 0 Å². The average molecular weight is 201 g/mol. The Balaban J connectivity index is 0.00000128. The predicted molar refractivity (Wildman–Crippen MR) is 63.3 cm³/mol. The van der Waals surface area contributed by atoms with Gasteiger partial charge in [-0.15, -0.1) is 0 Å². The van der Waals surface area contributed by atoms with Gasteiger partial charge in [-0.3, -0.25) is 0 Å². The van der Waals surface area contributed by atoms with Crippen molar-refractivity contribution < 1.29 is 1.43 Å². The van der Waals surface area contributed by atoms with Crippen LogP contribution in [0.25, 0.3) is 0 Å². The third-order valence-corrected chi connectivity index (χ3v) is 2.01. The third-order valence-electron chi connectivity index (χ3n) is 2.01. The Bertz CT molecular complexity index is 437. The lowest BCUT2D eigenvalue weighted by atomic mass is 10.3. The number of hydrogen-bond donors (Lipinski definition) is 1. The number of benzene rings is 1. The van der Waals surface area contributed by atoms with E-state index in [4.69, 9.17) is 0 Å². The molecule has 0 amide bonds. The topological polar surface area (TPSA) is 37.8 Å². The first-order chi connectivity index (χ1) is 7.24. The van der Waals surface area contributed by atoms with Crippen LogP contribution in [-0.2, 0) is 0 Å². The highest BCUT2D eigenvalue weighted by molar-refractivity contribution is 5.52. The summed E-state index contributed by atoms with van der Waals surface area (Å²) in [6.45, 7) is 3.93. The lowest BCUT2D eigenvalue weighted by Crippen LogP contribution is -1.99. The summed E-state index contributed by atoms with van der Waals surface area (Å²) < 4.78 is 0. The van der Waals surface area contributed by atoms with Crippen LogP contribution in [-0.4, -0.2) is 9.97 Å². The standard InChI is InChI=1S/C12H13N3.H2/c1-9-8-10(2)14-12(13-9)15-11-6-4-3-5-7-11;/h3-8H,1-2H3,(H,13,14,15);1H. The molecule has 0 saturated heterocycles. The normalized spacial score (nSPS) is 10.0. The molecule has 2 rings (SSSR count). The van der Waals surface area contributed by atoms with E-state index in [0.717, 1.165) is 17.1 Å². The summed E-state index contributed by atoms with van der Waals surface area (Å²) in [6, 6.07) is 11.9. The molecule has 1 heterocycles. The molecule has 0 aliphatic carbocycles. The van der Waals surface area contributed by atoms with Gasteiger partial charge in [0.15, 0.2) is 0 Å². The van der Waals surface area contributed by atoms with Crippen LogP contribution < -0.4 is 5.32 Å². The molecule has 0 aliphatic heterocycles. The fourth-order valence-corrected chi connectivity index (χ4v) is 1.43. The van der Waals surface area contributed by atoms with Crippen LogP contribution in [0.5, 0.6) is 0 Å². The third kappa shape index (κ3) is 2.53. The molecule has 15 heavy (non-hydrogen) atoms. The lowest BCUT2D eigenvalue weighted by molar-refractivity contribution is 1.06. The maximum absolute atomic E-state index is 4.31. The van der Waals surface area contributed by atoms with Gasteiger partial charge in [0.2, 0.25) is 5.95 Å². The Kier molecular flexibility index (Phi) is 2.63. The second-order valence-corrected chi connectivity index (χ2v) is 3.47. The van der Waals surface area contributed by atoms with Crippen molar-refractivity contribution in [1.29, 1.82) is 0 Å². The predicted octanol–water partition coefficient (Wildman–Crippen LogP) is 3.08. The Labute approximate surface area is 90.7 Å². The van der Waals surface area contributed by atoms with Gasteiger partial charge in [-0.1, -0.05) is 18.2 Å². The second kappa shape index (κ2) is 4.09. The Hall–Kier alpha value is -1.90. The Morgan fingerprint density at radius 2 is 1.60 bits per heavy atom. The molecule has 1 N–H and O–H groups in total. The van der Waals surface area contributed by atoms with E-state index in [0.29, 0.717) is 5.95 Å². The SMILES string of the molecule is Cc1cc(C)nc(Nc2ccccc2)n1.[HH]. The van der Waals surface area contributed by atoms with Crippen molar-refractivity contribution in [3.05, 3.63) is 47.8 Å². The molecule has 2 aromatic rings. The van der Waals surface area contributed by atoms with Gasteiger partial charge >= 0.3 is 0 Å². The Morgan fingerprint density at radius 1 is 1.00 bits per heavy atom. The quantitative estimate of drug-likeness (QED) is 0.811. The number of para-hydroxylation sites is 1. The number of aromatic nitrogens is 2. The van der Waals surface area contributed by atoms with Crippen molar-refractivity contribution in [2.24, 2.45) is 0 Å². The highest BCUT2D eigenvalue weighted by atomic mass is 15.1. The van der Waals surface area contributed by atoms with Crippen molar-refractivity contribution in [3.8, 4) is 0 Å². The molecule has 1 aromatic heterocycles. The molecule has 1 aromatic carbocycles. The number of hydrogen-bond acceptors (Lipinski definition) is 3. The van der Waals surface area contributed by atoms with Gasteiger partial charge in [0.1, 0.15) is 0 Å². The van der Waals surface area contributed by atoms with Crippen LogP contribution in [0.3, 0.4) is 0 Å². The molecule has 0 fully saturated rings. The number of anilines is 2. The number of nitrogens with one attached hydrogen (secondary N) is 1. The molecule has 0 unspecified atom stereocenters. The summed E-state index contributed by atoms with van der Waals surface area (Å²) in [7, 11) is 0. The van der Waals surface area contributed by atoms with Crippen molar-refractivity contribution >= 4 is 11.6 Å². The summed E-state index contributed by atoms with van der Waals surface area (Å²) in [6.07, 6.45) is 0. The van der Waals surface area contributed by atoms with Crippen molar-refractivity contribution in [3.63, 3.8) is 0 Å². The molecule has 0 radical (unpaired) electrons. The number of nitrogens with zero attached hydrogens (tertiary/aromatic N) is 2. The Morgan fingerprint density at radius 3 is 2.20 bits per heavy atom. The van der Waals surface area contributed by atoms with E-state index in [9.17, 15) is 0 Å².